The molecule has 48 heavy (non-hydrogen) atoms. The molecule has 256 valence electrons. The minimum Gasteiger partial charge on any atom is -0.477 e. The molecule has 3 saturated carbocycles. The van der Waals surface area contributed by atoms with E-state index in [4.69, 9.17) is 17.7 Å². The number of anilines is 1. The molecule has 0 radical (unpaired) electrons. The van der Waals surface area contributed by atoms with E-state index < -0.39 is 27.6 Å². The van der Waals surface area contributed by atoms with Crippen LogP contribution in [0.5, 0.6) is 5.88 Å². The number of ether oxygens (including phenoxy) is 1. The molecule has 2 amide bonds. The highest BCUT2D eigenvalue weighted by Crippen LogP contribution is 2.93. The number of carbonyl (C=O) groups excluding carboxylic acids is 1. The van der Waals surface area contributed by atoms with E-state index in [0.717, 1.165) is 19.3 Å². The van der Waals surface area contributed by atoms with Gasteiger partial charge in [0, 0.05) is 32.3 Å². The molecular formula is C33H40ClN7O6S. The van der Waals surface area contributed by atoms with Crippen LogP contribution in [-0.2, 0) is 10.0 Å². The predicted molar refractivity (Wildman–Crippen MR) is 177 cm³/mol. The van der Waals surface area contributed by atoms with Crippen LogP contribution in [0.2, 0.25) is 5.15 Å². The van der Waals surface area contributed by atoms with Crippen LogP contribution in [0.25, 0.3) is 5.82 Å². The third-order valence-corrected chi connectivity index (χ3v) is 12.0. The van der Waals surface area contributed by atoms with E-state index in [1.54, 1.807) is 18.3 Å². The number of aromatic nitrogens is 4. The lowest BCUT2D eigenvalue weighted by atomic mass is 9.93. The smallest absolute Gasteiger partial charge is 0.407 e. The van der Waals surface area contributed by atoms with E-state index in [9.17, 15) is 23.1 Å². The summed E-state index contributed by atoms with van der Waals surface area (Å²) in [6.07, 6.45) is 8.41. The van der Waals surface area contributed by atoms with Gasteiger partial charge in [0.05, 0.1) is 12.2 Å². The molecule has 15 heteroatoms. The molecule has 4 heterocycles. The van der Waals surface area contributed by atoms with Crippen molar-refractivity contribution >= 4 is 39.4 Å². The monoisotopic (exact) mass is 698 g/mol. The van der Waals surface area contributed by atoms with Gasteiger partial charge in [-0.1, -0.05) is 17.7 Å². The number of carboxylic acid groups (broad SMARTS) is 1. The van der Waals surface area contributed by atoms with Gasteiger partial charge in [-0.2, -0.15) is 8.42 Å². The fourth-order valence-corrected chi connectivity index (χ4v) is 9.09. The molecule has 0 aromatic carbocycles. The molecule has 1 saturated heterocycles. The minimum atomic E-state index is -4.34. The zero-order valence-corrected chi connectivity index (χ0v) is 28.5. The lowest BCUT2D eigenvalue weighted by Gasteiger charge is -2.28. The maximum absolute atomic E-state index is 13.1. The SMILES string of the molecule is [2H]C1(CCOc2ccn(-c3ccc(C(=O)NS(=O)(=O)c4cccc(NCCC[C@@H]5CN(C(=O)O)C(C)(C)C5)n4)c(Cl)n3)n2)C2(CC2)C12CC2. The van der Waals surface area contributed by atoms with E-state index in [1.165, 1.54) is 59.5 Å². The minimum absolute atomic E-state index is 0.142. The lowest BCUT2D eigenvalue weighted by Crippen LogP contribution is -2.41. The van der Waals surface area contributed by atoms with Gasteiger partial charge in [0.1, 0.15) is 11.0 Å². The summed E-state index contributed by atoms with van der Waals surface area (Å²) >= 11 is 6.33. The van der Waals surface area contributed by atoms with Crippen molar-refractivity contribution in [3.63, 3.8) is 0 Å². The van der Waals surface area contributed by atoms with E-state index in [2.05, 4.69) is 20.4 Å². The summed E-state index contributed by atoms with van der Waals surface area (Å²) in [6.45, 7) is 5.27. The molecule has 1 aliphatic heterocycles. The van der Waals surface area contributed by atoms with Gasteiger partial charge in [0.15, 0.2) is 10.8 Å². The number of hydrogen-bond acceptors (Lipinski definition) is 9. The molecule has 2 spiro atoms. The van der Waals surface area contributed by atoms with Crippen molar-refractivity contribution < 1.29 is 29.2 Å². The zero-order chi connectivity index (χ0) is 34.8. The number of nitrogens with zero attached hydrogens (tertiary/aromatic N) is 5. The number of amides is 2. The second-order valence-corrected chi connectivity index (χ2v) is 16.0. The average Bonchev–Trinajstić information content (AvgIpc) is 3.99. The molecule has 7 rings (SSSR count). The third-order valence-electron chi connectivity index (χ3n) is 10.5. The van der Waals surface area contributed by atoms with Crippen molar-refractivity contribution in [2.24, 2.45) is 22.6 Å². The van der Waals surface area contributed by atoms with Gasteiger partial charge in [-0.3, -0.25) is 4.79 Å². The first-order chi connectivity index (χ1) is 23.2. The number of rotatable bonds is 13. The molecule has 3 N–H and O–H groups in total. The van der Waals surface area contributed by atoms with E-state index in [1.807, 2.05) is 18.6 Å². The van der Waals surface area contributed by atoms with Gasteiger partial charge in [0.25, 0.3) is 15.9 Å². The Kier molecular flexibility index (Phi) is 7.78. The first-order valence-electron chi connectivity index (χ1n) is 16.8. The molecule has 13 nitrogen and oxygen atoms in total. The van der Waals surface area contributed by atoms with E-state index in [-0.39, 0.29) is 38.4 Å². The summed E-state index contributed by atoms with van der Waals surface area (Å²) in [5, 5.41) is 16.4. The molecule has 1 atom stereocenters. The number of nitrogens with one attached hydrogen (secondary N) is 2. The second-order valence-electron chi connectivity index (χ2n) is 14.0. The van der Waals surface area contributed by atoms with Crippen LogP contribution in [0.1, 0.15) is 76.9 Å². The summed E-state index contributed by atoms with van der Waals surface area (Å²) < 4.78 is 44.4. The molecule has 3 aliphatic carbocycles. The highest BCUT2D eigenvalue weighted by atomic mass is 35.5. The summed E-state index contributed by atoms with van der Waals surface area (Å²) in [5.41, 5.74) is -0.0457. The number of fused-ring (bicyclic) bond motifs is 1. The van der Waals surface area contributed by atoms with Crippen LogP contribution in [0.15, 0.2) is 47.6 Å². The van der Waals surface area contributed by atoms with Crippen LogP contribution in [0.3, 0.4) is 0 Å². The Morgan fingerprint density at radius 3 is 2.52 bits per heavy atom. The summed E-state index contributed by atoms with van der Waals surface area (Å²) in [6, 6.07) is 8.98. The highest BCUT2D eigenvalue weighted by Gasteiger charge is 2.85. The van der Waals surface area contributed by atoms with Crippen LogP contribution in [-0.4, -0.2) is 75.4 Å². The van der Waals surface area contributed by atoms with Gasteiger partial charge in [-0.15, -0.1) is 5.10 Å². The van der Waals surface area contributed by atoms with E-state index >= 15 is 0 Å². The van der Waals surface area contributed by atoms with Crippen LogP contribution < -0.4 is 14.8 Å². The molecule has 0 bridgehead atoms. The van der Waals surface area contributed by atoms with Crippen molar-refractivity contribution in [1.82, 2.24) is 29.4 Å². The van der Waals surface area contributed by atoms with Gasteiger partial charge >= 0.3 is 6.09 Å². The summed E-state index contributed by atoms with van der Waals surface area (Å²) in [7, 11) is -4.34. The molecule has 4 fully saturated rings. The maximum atomic E-state index is 13.1. The second kappa shape index (κ2) is 11.9. The molecule has 3 aromatic heterocycles. The molecule has 3 aromatic rings. The molecule has 4 aliphatic rings. The lowest BCUT2D eigenvalue weighted by molar-refractivity contribution is 0.0980. The zero-order valence-electron chi connectivity index (χ0n) is 27.9. The van der Waals surface area contributed by atoms with Crippen LogP contribution in [0, 0.1) is 22.6 Å². The van der Waals surface area contributed by atoms with Crippen LogP contribution in [0.4, 0.5) is 10.6 Å². The predicted octanol–water partition coefficient (Wildman–Crippen LogP) is 5.36. The largest absolute Gasteiger partial charge is 0.477 e. The summed E-state index contributed by atoms with van der Waals surface area (Å²) in [5.74, 6) is -0.0581. The quantitative estimate of drug-likeness (QED) is 0.156. The highest BCUT2D eigenvalue weighted by molar-refractivity contribution is 7.90. The molecular weight excluding hydrogens is 658 g/mol. The van der Waals surface area contributed by atoms with Crippen molar-refractivity contribution in [3.05, 3.63) is 53.3 Å². The van der Waals surface area contributed by atoms with Gasteiger partial charge < -0.3 is 20.1 Å². The third kappa shape index (κ3) is 6.08. The number of pyridine rings is 2. The Morgan fingerprint density at radius 1 is 1.10 bits per heavy atom. The number of likely N-dealkylation sites (tertiary alicyclic amines) is 1. The van der Waals surface area contributed by atoms with Gasteiger partial charge in [0.2, 0.25) is 5.88 Å². The van der Waals surface area contributed by atoms with Crippen molar-refractivity contribution in [2.75, 3.05) is 25.0 Å². The van der Waals surface area contributed by atoms with Crippen molar-refractivity contribution in [2.45, 2.75) is 75.8 Å². The summed E-state index contributed by atoms with van der Waals surface area (Å²) in [4.78, 5) is 34.4. The first kappa shape index (κ1) is 31.4. The average molecular weight is 699 g/mol. The Bertz CT molecular complexity index is 1890. The van der Waals surface area contributed by atoms with Crippen LogP contribution >= 0.6 is 11.6 Å². The fraction of sp³-hybridized carbons (Fsp3) is 0.545. The number of halogens is 1. The first-order valence-corrected chi connectivity index (χ1v) is 18.2. The maximum Gasteiger partial charge on any atom is 0.407 e. The fourth-order valence-electron chi connectivity index (χ4n) is 7.92. The number of carbonyl (C=O) groups is 2. The Labute approximate surface area is 285 Å². The Balaban J connectivity index is 0.904. The Hall–Kier alpha value is -3.91. The Morgan fingerprint density at radius 2 is 1.85 bits per heavy atom. The van der Waals surface area contributed by atoms with Gasteiger partial charge in [-0.25, -0.2) is 24.2 Å². The van der Waals surface area contributed by atoms with Crippen molar-refractivity contribution in [3.8, 4) is 11.7 Å². The molecule has 0 unspecified atom stereocenters. The number of sulfonamides is 1. The normalized spacial score (nSPS) is 22.3. The van der Waals surface area contributed by atoms with E-state index in [0.29, 0.717) is 43.6 Å². The van der Waals surface area contributed by atoms with Gasteiger partial charge in [-0.05, 0) is 112 Å². The van der Waals surface area contributed by atoms with Crippen molar-refractivity contribution in [1.29, 1.82) is 0 Å². The number of hydrogen-bond donors (Lipinski definition) is 3. The standard InChI is InChI=1S/C33H40ClN7O6S/c1-31(2)19-21(20-40(31)30(43)44)5-4-16-35-24-6-3-7-27(36-24)48(45,46)39-29(42)22-8-9-25(37-28(22)34)41-17-10-26(38-41)47-18-11-23-32(12-13-32)33(23)14-15-33/h3,6-10,17,21,23H,4-5,11-16,18-20H2,1-2H3,(H,35,36)(H,39,42)(H,43,44)/t21-/m0/s1/i23D. The topological polar surface area (TPSA) is 169 Å².